The van der Waals surface area contributed by atoms with Gasteiger partial charge >= 0.3 is 12.3 Å². The number of nitrogens with zero attached hydrogens (tertiary/aromatic N) is 4. The Kier molecular flexibility index (Phi) is 7.82. The van der Waals surface area contributed by atoms with Crippen LogP contribution in [-0.2, 0) is 10.9 Å². The number of thiazole rings is 1. The largest absolute Gasteiger partial charge is 0.487 e. The van der Waals surface area contributed by atoms with Gasteiger partial charge in [0.25, 0.3) is 5.91 Å². The molecule has 0 saturated carbocycles. The summed E-state index contributed by atoms with van der Waals surface area (Å²) >= 11 is 1.46. The van der Waals surface area contributed by atoms with E-state index in [2.05, 4.69) is 20.3 Å². The zero-order valence-corrected chi connectivity index (χ0v) is 22.8. The number of aromatic nitrogens is 3. The first kappa shape index (κ1) is 28.3. The lowest BCUT2D eigenvalue weighted by Gasteiger charge is -2.39. The van der Waals surface area contributed by atoms with Crippen molar-refractivity contribution in [2.24, 2.45) is 0 Å². The maximum absolute atomic E-state index is 13.2. The third-order valence-corrected chi connectivity index (χ3v) is 6.57. The van der Waals surface area contributed by atoms with Crippen LogP contribution in [-0.4, -0.2) is 56.6 Å². The molecule has 1 aliphatic rings. The normalized spacial score (nSPS) is 14.9. The van der Waals surface area contributed by atoms with E-state index in [1.54, 1.807) is 52.1 Å². The van der Waals surface area contributed by atoms with Crippen molar-refractivity contribution in [3.63, 3.8) is 0 Å². The maximum Gasteiger partial charge on any atom is 0.451 e. The number of rotatable bonds is 6. The van der Waals surface area contributed by atoms with E-state index < -0.39 is 35.6 Å². The number of halogens is 3. The van der Waals surface area contributed by atoms with Crippen molar-refractivity contribution in [3.8, 4) is 16.3 Å². The topological polar surface area (TPSA) is 107 Å². The van der Waals surface area contributed by atoms with Crippen molar-refractivity contribution in [2.75, 3.05) is 13.1 Å². The first-order valence-corrected chi connectivity index (χ1v) is 12.9. The number of benzene rings is 1. The predicted molar refractivity (Wildman–Crippen MR) is 137 cm³/mol. The fourth-order valence-corrected chi connectivity index (χ4v) is 4.41. The smallest absolute Gasteiger partial charge is 0.451 e. The van der Waals surface area contributed by atoms with Crippen molar-refractivity contribution in [1.29, 1.82) is 0 Å². The summed E-state index contributed by atoms with van der Waals surface area (Å²) in [5.74, 6) is -1.30. The van der Waals surface area contributed by atoms with Crippen LogP contribution in [0.3, 0.4) is 0 Å². The molecule has 1 N–H and O–H groups in total. The molecule has 1 fully saturated rings. The number of carbonyl (C=O) groups is 2. The standard InChI is InChI=1S/C26H28F3N5O4S/c1-14-9-30-22(39-14)17-6-16(21(35)33-15(2)18-10-31-23(32-11-18)26(27,28)29)7-19(8-17)37-20-12-34(13-20)24(36)38-25(3,4)5/h6-11,15,20H,12-13H2,1-5H3,(H,33,35). The van der Waals surface area contributed by atoms with Gasteiger partial charge in [0.1, 0.15) is 22.5 Å². The first-order chi connectivity index (χ1) is 18.2. The first-order valence-electron chi connectivity index (χ1n) is 12.1. The Morgan fingerprint density at radius 1 is 1.08 bits per heavy atom. The minimum absolute atomic E-state index is 0.276. The Morgan fingerprint density at radius 2 is 1.74 bits per heavy atom. The van der Waals surface area contributed by atoms with E-state index in [9.17, 15) is 22.8 Å². The number of aryl methyl sites for hydroxylation is 1. The van der Waals surface area contributed by atoms with E-state index in [1.807, 2.05) is 6.92 Å². The number of hydrogen-bond acceptors (Lipinski definition) is 8. The molecule has 1 atom stereocenters. The Balaban J connectivity index is 1.49. The molecule has 3 heterocycles. The molecule has 1 saturated heterocycles. The molecule has 4 rings (SSSR count). The fourth-order valence-electron chi connectivity index (χ4n) is 3.66. The molecule has 2 amide bonds. The lowest BCUT2D eigenvalue weighted by atomic mass is 10.1. The molecule has 0 radical (unpaired) electrons. The van der Waals surface area contributed by atoms with Crippen LogP contribution >= 0.6 is 11.3 Å². The van der Waals surface area contributed by atoms with Crippen LogP contribution in [0, 0.1) is 6.92 Å². The highest BCUT2D eigenvalue weighted by molar-refractivity contribution is 7.14. The van der Waals surface area contributed by atoms with Crippen molar-refractivity contribution < 1.29 is 32.2 Å². The molecule has 3 aromatic rings. The third kappa shape index (κ3) is 7.22. The highest BCUT2D eigenvalue weighted by Gasteiger charge is 2.36. The zero-order chi connectivity index (χ0) is 28.5. The van der Waals surface area contributed by atoms with Crippen LogP contribution < -0.4 is 10.1 Å². The van der Waals surface area contributed by atoms with Crippen LogP contribution in [0.1, 0.15) is 60.4 Å². The van der Waals surface area contributed by atoms with E-state index in [0.717, 1.165) is 17.3 Å². The van der Waals surface area contributed by atoms with Gasteiger partial charge in [-0.05, 0) is 52.8 Å². The van der Waals surface area contributed by atoms with Crippen LogP contribution in [0.4, 0.5) is 18.0 Å². The van der Waals surface area contributed by atoms with Crippen LogP contribution in [0.5, 0.6) is 5.75 Å². The average Bonchev–Trinajstić information content (AvgIpc) is 3.25. The SMILES string of the molecule is Cc1cnc(-c2cc(OC3CN(C(=O)OC(C)(C)C)C3)cc(C(=O)NC(C)c3cnc(C(F)(F)F)nc3)c2)s1. The highest BCUT2D eigenvalue weighted by Crippen LogP contribution is 2.31. The van der Waals surface area contributed by atoms with Crippen molar-refractivity contribution in [1.82, 2.24) is 25.2 Å². The summed E-state index contributed by atoms with van der Waals surface area (Å²) in [6, 6.07) is 4.36. The van der Waals surface area contributed by atoms with E-state index in [-0.39, 0.29) is 11.7 Å². The molecule has 0 spiro atoms. The summed E-state index contributed by atoms with van der Waals surface area (Å²) in [7, 11) is 0. The Labute approximate surface area is 227 Å². The molecular formula is C26H28F3N5O4S. The minimum atomic E-state index is -4.65. The van der Waals surface area contributed by atoms with Crippen LogP contribution in [0.2, 0.25) is 0 Å². The molecule has 208 valence electrons. The summed E-state index contributed by atoms with van der Waals surface area (Å²) in [5.41, 5.74) is 0.661. The summed E-state index contributed by atoms with van der Waals surface area (Å²) in [4.78, 5) is 39.0. The van der Waals surface area contributed by atoms with Gasteiger partial charge in [0, 0.05) is 40.2 Å². The summed E-state index contributed by atoms with van der Waals surface area (Å²) < 4.78 is 49.8. The second-order valence-corrected chi connectivity index (χ2v) is 11.4. The molecule has 0 aliphatic carbocycles. The molecular weight excluding hydrogens is 535 g/mol. The van der Waals surface area contributed by atoms with Crippen molar-refractivity contribution >= 4 is 23.3 Å². The van der Waals surface area contributed by atoms with Gasteiger partial charge in [-0.3, -0.25) is 4.79 Å². The highest BCUT2D eigenvalue weighted by atomic mass is 32.1. The van der Waals surface area contributed by atoms with Crippen molar-refractivity contribution in [3.05, 3.63) is 58.6 Å². The maximum atomic E-state index is 13.2. The summed E-state index contributed by atoms with van der Waals surface area (Å²) in [6.45, 7) is 9.59. The quantitative estimate of drug-likeness (QED) is 0.427. The number of alkyl halides is 3. The molecule has 1 unspecified atom stereocenters. The van der Waals surface area contributed by atoms with E-state index in [0.29, 0.717) is 35.0 Å². The van der Waals surface area contributed by atoms with Gasteiger partial charge < -0.3 is 19.7 Å². The molecule has 13 heteroatoms. The van der Waals surface area contributed by atoms with Gasteiger partial charge in [-0.25, -0.2) is 19.7 Å². The van der Waals surface area contributed by atoms with Gasteiger partial charge in [-0.2, -0.15) is 13.2 Å². The molecule has 2 aromatic heterocycles. The number of likely N-dealkylation sites (tertiary alicyclic amines) is 1. The van der Waals surface area contributed by atoms with Gasteiger partial charge in [0.05, 0.1) is 19.1 Å². The van der Waals surface area contributed by atoms with Gasteiger partial charge in [-0.1, -0.05) is 0 Å². The van der Waals surface area contributed by atoms with Gasteiger partial charge in [0.2, 0.25) is 5.82 Å². The summed E-state index contributed by atoms with van der Waals surface area (Å²) in [5, 5.41) is 3.46. The lowest BCUT2D eigenvalue weighted by molar-refractivity contribution is -0.145. The van der Waals surface area contributed by atoms with Crippen molar-refractivity contribution in [2.45, 2.75) is 58.5 Å². The Hall–Kier alpha value is -3.74. The Morgan fingerprint density at radius 3 is 2.31 bits per heavy atom. The predicted octanol–water partition coefficient (Wildman–Crippen LogP) is 5.42. The average molecular weight is 564 g/mol. The number of amides is 2. The molecule has 1 aromatic carbocycles. The monoisotopic (exact) mass is 563 g/mol. The Bertz CT molecular complexity index is 1350. The lowest BCUT2D eigenvalue weighted by Crippen LogP contribution is -2.57. The van der Waals surface area contributed by atoms with E-state index in [4.69, 9.17) is 9.47 Å². The minimum Gasteiger partial charge on any atom is -0.487 e. The van der Waals surface area contributed by atoms with Gasteiger partial charge in [0.15, 0.2) is 0 Å². The molecule has 1 aliphatic heterocycles. The number of ether oxygens (including phenoxy) is 2. The number of carbonyl (C=O) groups excluding carboxylic acids is 2. The molecule has 0 bridgehead atoms. The second kappa shape index (κ2) is 10.8. The van der Waals surface area contributed by atoms with Gasteiger partial charge in [-0.15, -0.1) is 11.3 Å². The number of hydrogen-bond donors (Lipinski definition) is 1. The molecule has 39 heavy (non-hydrogen) atoms. The summed E-state index contributed by atoms with van der Waals surface area (Å²) in [6.07, 6.45) is -1.56. The third-order valence-electron chi connectivity index (χ3n) is 5.61. The molecule has 9 nitrogen and oxygen atoms in total. The second-order valence-electron chi connectivity index (χ2n) is 10.2. The zero-order valence-electron chi connectivity index (χ0n) is 22.0. The number of nitrogens with one attached hydrogen (secondary N) is 1. The van der Waals surface area contributed by atoms with Crippen LogP contribution in [0.25, 0.3) is 10.6 Å². The van der Waals surface area contributed by atoms with Crippen LogP contribution in [0.15, 0.2) is 36.8 Å². The van der Waals surface area contributed by atoms with E-state index in [1.165, 1.54) is 16.2 Å². The fraction of sp³-hybridized carbons (Fsp3) is 0.423. The van der Waals surface area contributed by atoms with E-state index >= 15 is 0 Å².